The molecule has 1 aromatic carbocycles. The fourth-order valence-corrected chi connectivity index (χ4v) is 2.91. The van der Waals surface area contributed by atoms with Gasteiger partial charge in [0.25, 0.3) is 11.5 Å². The topological polar surface area (TPSA) is 114 Å². The summed E-state index contributed by atoms with van der Waals surface area (Å²) in [6.07, 6.45) is 3.34. The highest BCUT2D eigenvalue weighted by Gasteiger charge is 2.17. The van der Waals surface area contributed by atoms with E-state index in [0.29, 0.717) is 17.7 Å². The molecule has 140 valence electrons. The summed E-state index contributed by atoms with van der Waals surface area (Å²) in [6, 6.07) is 4.46. The zero-order chi connectivity index (χ0) is 19.6. The Balaban J connectivity index is 1.82. The molecule has 0 fully saturated rings. The van der Waals surface area contributed by atoms with Crippen molar-refractivity contribution >= 4 is 34.4 Å². The van der Waals surface area contributed by atoms with Crippen LogP contribution in [0, 0.1) is 0 Å². The Morgan fingerprint density at radius 1 is 1.30 bits per heavy atom. The van der Waals surface area contributed by atoms with Gasteiger partial charge in [0.2, 0.25) is 0 Å². The third-order valence-electron chi connectivity index (χ3n) is 3.90. The zero-order valence-electron chi connectivity index (χ0n) is 14.4. The van der Waals surface area contributed by atoms with E-state index in [9.17, 15) is 19.5 Å². The minimum Gasteiger partial charge on any atom is -0.478 e. The average molecular weight is 390 g/mol. The van der Waals surface area contributed by atoms with E-state index in [4.69, 9.17) is 16.0 Å². The maximum absolute atomic E-state index is 12.3. The van der Waals surface area contributed by atoms with E-state index in [1.165, 1.54) is 23.2 Å². The lowest BCUT2D eigenvalue weighted by Gasteiger charge is -2.06. The minimum atomic E-state index is -1.17. The molecule has 0 saturated carbocycles. The van der Waals surface area contributed by atoms with Crippen LogP contribution in [0.25, 0.3) is 11.0 Å². The van der Waals surface area contributed by atoms with Crippen LogP contribution >= 0.6 is 11.6 Å². The number of carbonyl (C=O) groups is 2. The molecule has 9 heteroatoms. The van der Waals surface area contributed by atoms with Crippen LogP contribution < -0.4 is 10.9 Å². The van der Waals surface area contributed by atoms with Crippen molar-refractivity contribution in [3.63, 3.8) is 0 Å². The Kier molecular flexibility index (Phi) is 5.27. The van der Waals surface area contributed by atoms with Crippen molar-refractivity contribution in [2.24, 2.45) is 0 Å². The van der Waals surface area contributed by atoms with Crippen molar-refractivity contribution in [2.45, 2.75) is 26.4 Å². The van der Waals surface area contributed by atoms with E-state index in [1.54, 1.807) is 12.1 Å². The van der Waals surface area contributed by atoms with Crippen LogP contribution in [0.3, 0.4) is 0 Å². The summed E-state index contributed by atoms with van der Waals surface area (Å²) in [5.41, 5.74) is -0.391. The van der Waals surface area contributed by atoms with E-state index < -0.39 is 17.4 Å². The van der Waals surface area contributed by atoms with Crippen molar-refractivity contribution in [3.05, 3.63) is 63.0 Å². The number of aromatic carboxylic acids is 1. The summed E-state index contributed by atoms with van der Waals surface area (Å²) in [7, 11) is 0. The highest BCUT2D eigenvalue weighted by atomic mass is 35.5. The second kappa shape index (κ2) is 7.63. The van der Waals surface area contributed by atoms with Crippen LogP contribution in [0.2, 0.25) is 5.02 Å². The maximum atomic E-state index is 12.3. The molecule has 0 bridgehead atoms. The van der Waals surface area contributed by atoms with Gasteiger partial charge in [0.1, 0.15) is 22.5 Å². The van der Waals surface area contributed by atoms with E-state index in [2.05, 4.69) is 10.3 Å². The SMILES string of the molecule is CCCn1cncc(C(=O)NCc2cc3cc(Cl)cc(C(=O)O)c3o2)c1=O. The number of hydrogen-bond donors (Lipinski definition) is 2. The van der Waals surface area contributed by atoms with E-state index >= 15 is 0 Å². The van der Waals surface area contributed by atoms with Gasteiger partial charge in [0.15, 0.2) is 0 Å². The van der Waals surface area contributed by atoms with Gasteiger partial charge in [0.05, 0.1) is 12.9 Å². The molecule has 27 heavy (non-hydrogen) atoms. The number of carboxylic acid groups (broad SMARTS) is 1. The van der Waals surface area contributed by atoms with Crippen LogP contribution in [-0.2, 0) is 13.1 Å². The van der Waals surface area contributed by atoms with Gasteiger partial charge in [-0.1, -0.05) is 18.5 Å². The number of carboxylic acids is 1. The van der Waals surface area contributed by atoms with Gasteiger partial charge in [-0.15, -0.1) is 0 Å². The van der Waals surface area contributed by atoms with Gasteiger partial charge in [-0.2, -0.15) is 0 Å². The number of hydrogen-bond acceptors (Lipinski definition) is 5. The molecule has 0 aliphatic carbocycles. The first-order valence-corrected chi connectivity index (χ1v) is 8.56. The Hall–Kier alpha value is -3.13. The Morgan fingerprint density at radius 3 is 2.78 bits per heavy atom. The molecular formula is C18H16ClN3O5. The van der Waals surface area contributed by atoms with Crippen molar-refractivity contribution < 1.29 is 19.1 Å². The molecule has 2 N–H and O–H groups in total. The number of nitrogens with one attached hydrogen (secondary N) is 1. The molecule has 0 atom stereocenters. The number of halogens is 1. The van der Waals surface area contributed by atoms with Gasteiger partial charge in [-0.3, -0.25) is 14.2 Å². The predicted molar refractivity (Wildman–Crippen MR) is 98.1 cm³/mol. The van der Waals surface area contributed by atoms with Gasteiger partial charge in [-0.25, -0.2) is 9.78 Å². The monoisotopic (exact) mass is 389 g/mol. The summed E-state index contributed by atoms with van der Waals surface area (Å²) in [4.78, 5) is 39.8. The molecule has 0 radical (unpaired) electrons. The number of fused-ring (bicyclic) bond motifs is 1. The van der Waals surface area contributed by atoms with Crippen LogP contribution in [0.4, 0.5) is 0 Å². The normalized spacial score (nSPS) is 10.9. The summed E-state index contributed by atoms with van der Waals surface area (Å²) in [5.74, 6) is -1.42. The molecule has 0 saturated heterocycles. The zero-order valence-corrected chi connectivity index (χ0v) is 15.1. The summed E-state index contributed by atoms with van der Waals surface area (Å²) < 4.78 is 6.91. The van der Waals surface area contributed by atoms with Gasteiger partial charge < -0.3 is 14.8 Å². The first-order chi connectivity index (χ1) is 12.9. The Labute approximate surface area is 158 Å². The van der Waals surface area contributed by atoms with Crippen LogP contribution in [0.5, 0.6) is 0 Å². The fourth-order valence-electron chi connectivity index (χ4n) is 2.69. The smallest absolute Gasteiger partial charge is 0.339 e. The quantitative estimate of drug-likeness (QED) is 0.669. The van der Waals surface area contributed by atoms with Gasteiger partial charge >= 0.3 is 5.97 Å². The molecule has 2 aromatic heterocycles. The van der Waals surface area contributed by atoms with Gasteiger partial charge in [-0.05, 0) is 24.6 Å². The number of furan rings is 1. The lowest BCUT2D eigenvalue weighted by atomic mass is 10.1. The van der Waals surface area contributed by atoms with Crippen LogP contribution in [0.1, 0.15) is 39.8 Å². The predicted octanol–water partition coefficient (Wildman–Crippen LogP) is 2.68. The number of rotatable bonds is 6. The highest BCUT2D eigenvalue weighted by Crippen LogP contribution is 2.27. The molecule has 3 aromatic rings. The van der Waals surface area contributed by atoms with Crippen molar-refractivity contribution in [1.29, 1.82) is 0 Å². The summed E-state index contributed by atoms with van der Waals surface area (Å²) in [6.45, 7) is 2.36. The average Bonchev–Trinajstić information content (AvgIpc) is 3.03. The number of benzene rings is 1. The summed E-state index contributed by atoms with van der Waals surface area (Å²) >= 11 is 5.92. The standard InChI is InChI=1S/C18H16ClN3O5/c1-2-3-22-9-20-8-14(17(22)24)16(23)21-7-12-5-10-4-11(19)6-13(18(25)26)15(10)27-12/h4-6,8-9H,2-3,7H2,1H3,(H,21,23)(H,25,26). The Bertz CT molecular complexity index is 1090. The second-order valence-electron chi connectivity index (χ2n) is 5.88. The number of carbonyl (C=O) groups excluding carboxylic acids is 1. The molecule has 0 spiro atoms. The molecule has 0 aliphatic heterocycles. The number of nitrogens with zero attached hydrogens (tertiary/aromatic N) is 2. The molecule has 8 nitrogen and oxygen atoms in total. The molecule has 0 aliphatic rings. The largest absolute Gasteiger partial charge is 0.478 e. The fraction of sp³-hybridized carbons (Fsp3) is 0.222. The van der Waals surface area contributed by atoms with Crippen molar-refractivity contribution in [3.8, 4) is 0 Å². The van der Waals surface area contributed by atoms with E-state index in [0.717, 1.165) is 6.42 Å². The van der Waals surface area contributed by atoms with Crippen LogP contribution in [-0.4, -0.2) is 26.5 Å². The second-order valence-corrected chi connectivity index (χ2v) is 6.31. The lowest BCUT2D eigenvalue weighted by Crippen LogP contribution is -2.33. The summed E-state index contributed by atoms with van der Waals surface area (Å²) in [5, 5.41) is 12.6. The molecular weight excluding hydrogens is 374 g/mol. The van der Waals surface area contributed by atoms with Crippen molar-refractivity contribution in [2.75, 3.05) is 0 Å². The third kappa shape index (κ3) is 3.85. The Morgan fingerprint density at radius 2 is 2.07 bits per heavy atom. The molecule has 1 amide bonds. The first kappa shape index (κ1) is 18.7. The van der Waals surface area contributed by atoms with E-state index in [-0.39, 0.29) is 28.3 Å². The van der Waals surface area contributed by atoms with Crippen LogP contribution in [0.15, 0.2) is 39.9 Å². The minimum absolute atomic E-state index is 0.0215. The first-order valence-electron chi connectivity index (χ1n) is 8.18. The maximum Gasteiger partial charge on any atom is 0.339 e. The number of amides is 1. The molecule has 0 unspecified atom stereocenters. The van der Waals surface area contributed by atoms with Gasteiger partial charge in [0, 0.05) is 23.2 Å². The number of aryl methyl sites for hydroxylation is 1. The van der Waals surface area contributed by atoms with Crippen molar-refractivity contribution in [1.82, 2.24) is 14.9 Å². The van der Waals surface area contributed by atoms with E-state index in [1.807, 2.05) is 6.92 Å². The molecule has 3 rings (SSSR count). The lowest BCUT2D eigenvalue weighted by molar-refractivity contribution is 0.0697. The molecule has 2 heterocycles. The number of aromatic nitrogens is 2. The third-order valence-corrected chi connectivity index (χ3v) is 4.11. The highest BCUT2D eigenvalue weighted by molar-refractivity contribution is 6.32.